The Balaban J connectivity index is 1.50. The van der Waals surface area contributed by atoms with Gasteiger partial charge in [-0.05, 0) is 24.3 Å². The van der Waals surface area contributed by atoms with E-state index in [1.165, 1.54) is 29.3 Å². The number of nitrogens with zero attached hydrogens (tertiary/aromatic N) is 2. The van der Waals surface area contributed by atoms with Crippen LogP contribution in [-0.2, 0) is 4.79 Å². The highest BCUT2D eigenvalue weighted by Crippen LogP contribution is 2.28. The number of carbonyl (C=O) groups excluding carboxylic acids is 1. The van der Waals surface area contributed by atoms with Gasteiger partial charge in [-0.3, -0.25) is 4.79 Å². The summed E-state index contributed by atoms with van der Waals surface area (Å²) in [6.45, 7) is 0. The number of rotatable bonds is 6. The summed E-state index contributed by atoms with van der Waals surface area (Å²) in [7, 11) is 0. The topological polar surface area (TPSA) is 67.5 Å². The highest BCUT2D eigenvalue weighted by Gasteiger charge is 2.07. The van der Waals surface area contributed by atoms with Crippen molar-refractivity contribution < 1.29 is 9.21 Å². The molecule has 0 aliphatic rings. The molecule has 0 aliphatic carbocycles. The van der Waals surface area contributed by atoms with Crippen molar-refractivity contribution in [1.82, 2.24) is 10.4 Å². The van der Waals surface area contributed by atoms with Crippen molar-refractivity contribution in [2.75, 3.05) is 5.75 Å². The first kappa shape index (κ1) is 16.8. The molecule has 1 N–H and O–H groups in total. The Morgan fingerprint density at radius 3 is 2.96 bits per heavy atom. The molecule has 2 aromatic heterocycles. The molecule has 0 spiro atoms. The van der Waals surface area contributed by atoms with E-state index in [1.54, 1.807) is 18.4 Å². The predicted molar refractivity (Wildman–Crippen MR) is 97.7 cm³/mol. The summed E-state index contributed by atoms with van der Waals surface area (Å²) < 4.78 is 5.90. The molecule has 24 heavy (non-hydrogen) atoms. The summed E-state index contributed by atoms with van der Waals surface area (Å²) in [5, 5.41) is 6.47. The molecule has 122 valence electrons. The van der Waals surface area contributed by atoms with E-state index in [9.17, 15) is 4.79 Å². The first-order valence-corrected chi connectivity index (χ1v) is 9.15. The van der Waals surface area contributed by atoms with Crippen LogP contribution >= 0.6 is 34.7 Å². The highest BCUT2D eigenvalue weighted by molar-refractivity contribution is 8.01. The van der Waals surface area contributed by atoms with Gasteiger partial charge in [0.1, 0.15) is 5.76 Å². The average Bonchev–Trinajstić information content (AvgIpc) is 3.25. The number of hydrazone groups is 1. The summed E-state index contributed by atoms with van der Waals surface area (Å²) >= 11 is 8.74. The number of carbonyl (C=O) groups is 1. The van der Waals surface area contributed by atoms with Crippen LogP contribution < -0.4 is 5.43 Å². The van der Waals surface area contributed by atoms with Crippen LogP contribution in [0.25, 0.3) is 11.3 Å². The maximum Gasteiger partial charge on any atom is 0.250 e. The van der Waals surface area contributed by atoms with Gasteiger partial charge in [0.05, 0.1) is 23.9 Å². The van der Waals surface area contributed by atoms with Crippen LogP contribution in [0.4, 0.5) is 0 Å². The molecule has 1 amide bonds. The van der Waals surface area contributed by atoms with Crippen LogP contribution in [0.15, 0.2) is 61.9 Å². The number of thiazole rings is 1. The van der Waals surface area contributed by atoms with E-state index < -0.39 is 0 Å². The van der Waals surface area contributed by atoms with Gasteiger partial charge in [0, 0.05) is 16.0 Å². The van der Waals surface area contributed by atoms with Gasteiger partial charge in [-0.1, -0.05) is 35.5 Å². The first-order chi connectivity index (χ1) is 11.7. The number of furan rings is 1. The van der Waals surface area contributed by atoms with E-state index >= 15 is 0 Å². The largest absolute Gasteiger partial charge is 0.463 e. The molecule has 0 saturated heterocycles. The standard InChI is InChI=1S/C16H12ClN3O2S2/c17-12-5-3-11(4-6-12)14-9-23-16(19-14)24-10-15(21)20-18-8-13-2-1-7-22-13/h1-9H,10H2,(H,20,21)/b18-8+. The Labute approximate surface area is 151 Å². The zero-order valence-corrected chi connectivity index (χ0v) is 14.7. The minimum atomic E-state index is -0.203. The molecule has 0 fully saturated rings. The van der Waals surface area contributed by atoms with Gasteiger partial charge in [-0.15, -0.1) is 11.3 Å². The molecule has 0 saturated carbocycles. The van der Waals surface area contributed by atoms with Gasteiger partial charge in [0.2, 0.25) is 0 Å². The van der Waals surface area contributed by atoms with E-state index in [1.807, 2.05) is 29.6 Å². The van der Waals surface area contributed by atoms with Crippen molar-refractivity contribution >= 4 is 46.8 Å². The lowest BCUT2D eigenvalue weighted by atomic mass is 10.2. The summed E-state index contributed by atoms with van der Waals surface area (Å²) in [5.41, 5.74) is 4.31. The lowest BCUT2D eigenvalue weighted by Crippen LogP contribution is -2.19. The number of aromatic nitrogens is 1. The molecular formula is C16H12ClN3O2S2. The van der Waals surface area contributed by atoms with Gasteiger partial charge in [0.25, 0.3) is 5.91 Å². The third kappa shape index (κ3) is 4.70. The molecule has 2 heterocycles. The number of nitrogens with one attached hydrogen (secondary N) is 1. The molecule has 0 radical (unpaired) electrons. The van der Waals surface area contributed by atoms with E-state index in [2.05, 4.69) is 15.5 Å². The number of hydrogen-bond donors (Lipinski definition) is 1. The second kappa shape index (κ2) is 8.14. The van der Waals surface area contributed by atoms with E-state index in [0.717, 1.165) is 15.6 Å². The zero-order valence-electron chi connectivity index (χ0n) is 12.3. The Morgan fingerprint density at radius 2 is 2.21 bits per heavy atom. The Bertz CT molecular complexity index is 829. The van der Waals surface area contributed by atoms with Crippen LogP contribution in [0.2, 0.25) is 5.02 Å². The van der Waals surface area contributed by atoms with Crippen LogP contribution in [0, 0.1) is 0 Å². The number of hydrogen-bond acceptors (Lipinski definition) is 6. The van der Waals surface area contributed by atoms with Gasteiger partial charge < -0.3 is 4.42 Å². The molecule has 3 aromatic rings. The fourth-order valence-corrected chi connectivity index (χ4v) is 3.52. The Kier molecular flexibility index (Phi) is 5.68. The first-order valence-electron chi connectivity index (χ1n) is 6.90. The molecule has 8 heteroatoms. The molecule has 0 atom stereocenters. The van der Waals surface area contributed by atoms with Crippen molar-refractivity contribution in [2.45, 2.75) is 4.34 Å². The molecular weight excluding hydrogens is 366 g/mol. The van der Waals surface area contributed by atoms with Crippen LogP contribution in [0.3, 0.4) is 0 Å². The maximum atomic E-state index is 11.7. The quantitative estimate of drug-likeness (QED) is 0.395. The van der Waals surface area contributed by atoms with Crippen molar-refractivity contribution in [3.05, 3.63) is 58.8 Å². The van der Waals surface area contributed by atoms with Crippen LogP contribution in [0.1, 0.15) is 5.76 Å². The smallest absolute Gasteiger partial charge is 0.250 e. The molecule has 1 aromatic carbocycles. The van der Waals surface area contributed by atoms with E-state index in [0.29, 0.717) is 10.8 Å². The third-order valence-electron chi connectivity index (χ3n) is 2.87. The second-order valence-corrected chi connectivity index (χ2v) is 7.12. The fraction of sp³-hybridized carbons (Fsp3) is 0.0625. The monoisotopic (exact) mass is 377 g/mol. The van der Waals surface area contributed by atoms with E-state index in [4.69, 9.17) is 16.0 Å². The summed E-state index contributed by atoms with van der Waals surface area (Å²) in [4.78, 5) is 16.3. The molecule has 3 rings (SSSR count). The lowest BCUT2D eigenvalue weighted by Gasteiger charge is -1.98. The number of benzene rings is 1. The van der Waals surface area contributed by atoms with Crippen molar-refractivity contribution in [3.8, 4) is 11.3 Å². The third-order valence-corrected chi connectivity index (χ3v) is 5.15. The molecule has 5 nitrogen and oxygen atoms in total. The highest BCUT2D eigenvalue weighted by atomic mass is 35.5. The minimum absolute atomic E-state index is 0.203. The molecule has 0 aliphatic heterocycles. The SMILES string of the molecule is O=C(CSc1nc(-c2ccc(Cl)cc2)cs1)N/N=C/c1ccco1. The van der Waals surface area contributed by atoms with Gasteiger partial charge >= 0.3 is 0 Å². The van der Waals surface area contributed by atoms with Gasteiger partial charge in [-0.2, -0.15) is 5.10 Å². The Morgan fingerprint density at radius 1 is 1.38 bits per heavy atom. The summed E-state index contributed by atoms with van der Waals surface area (Å²) in [5.74, 6) is 0.616. The van der Waals surface area contributed by atoms with Gasteiger partial charge in [-0.25, -0.2) is 10.4 Å². The fourth-order valence-electron chi connectivity index (χ4n) is 1.77. The normalized spacial score (nSPS) is 11.0. The molecule has 0 unspecified atom stereocenters. The molecule has 0 bridgehead atoms. The summed E-state index contributed by atoms with van der Waals surface area (Å²) in [6.07, 6.45) is 2.99. The number of amides is 1. The minimum Gasteiger partial charge on any atom is -0.463 e. The predicted octanol–water partition coefficient (Wildman–Crippen LogP) is 4.30. The zero-order chi connectivity index (χ0) is 16.8. The van der Waals surface area contributed by atoms with E-state index in [-0.39, 0.29) is 11.7 Å². The van der Waals surface area contributed by atoms with Crippen molar-refractivity contribution in [2.24, 2.45) is 5.10 Å². The maximum absolute atomic E-state index is 11.7. The average molecular weight is 378 g/mol. The van der Waals surface area contributed by atoms with Crippen LogP contribution in [0.5, 0.6) is 0 Å². The van der Waals surface area contributed by atoms with Crippen LogP contribution in [-0.4, -0.2) is 22.9 Å². The van der Waals surface area contributed by atoms with Crippen molar-refractivity contribution in [3.63, 3.8) is 0 Å². The van der Waals surface area contributed by atoms with Gasteiger partial charge in [0.15, 0.2) is 4.34 Å². The summed E-state index contributed by atoms with van der Waals surface area (Å²) in [6, 6.07) is 11.0. The second-order valence-electron chi connectivity index (χ2n) is 4.60. The number of halogens is 1. The number of thioether (sulfide) groups is 1. The Hall–Kier alpha value is -2.09. The van der Waals surface area contributed by atoms with Crippen molar-refractivity contribution in [1.29, 1.82) is 0 Å². The lowest BCUT2D eigenvalue weighted by molar-refractivity contribution is -0.118.